The van der Waals surface area contributed by atoms with Gasteiger partial charge in [-0.25, -0.2) is 4.98 Å². The minimum absolute atomic E-state index is 0.664. The average Bonchev–Trinajstić information content (AvgIpc) is 2.26. The van der Waals surface area contributed by atoms with Crippen LogP contribution in [-0.4, -0.2) is 4.98 Å². The SMILES string of the molecule is Cc1cc(Br)c(Nc2cc(N)ccn2)cc1Cl. The molecule has 0 amide bonds. The summed E-state index contributed by atoms with van der Waals surface area (Å²) in [5.74, 6) is 0.686. The number of nitrogens with two attached hydrogens (primary N) is 1. The van der Waals surface area contributed by atoms with Gasteiger partial charge in [0, 0.05) is 27.4 Å². The predicted octanol–water partition coefficient (Wildman–Crippen LogP) is 4.13. The van der Waals surface area contributed by atoms with Crippen molar-refractivity contribution in [2.24, 2.45) is 0 Å². The van der Waals surface area contributed by atoms with E-state index in [1.807, 2.05) is 19.1 Å². The molecule has 17 heavy (non-hydrogen) atoms. The summed E-state index contributed by atoms with van der Waals surface area (Å²) in [6.45, 7) is 1.95. The van der Waals surface area contributed by atoms with Gasteiger partial charge in [-0.05, 0) is 46.6 Å². The van der Waals surface area contributed by atoms with Crippen LogP contribution in [0.1, 0.15) is 5.56 Å². The monoisotopic (exact) mass is 311 g/mol. The zero-order valence-corrected chi connectivity index (χ0v) is 11.5. The lowest BCUT2D eigenvalue weighted by atomic mass is 10.2. The predicted molar refractivity (Wildman–Crippen MR) is 75.8 cm³/mol. The van der Waals surface area contributed by atoms with E-state index < -0.39 is 0 Å². The fourth-order valence-corrected chi connectivity index (χ4v) is 2.12. The van der Waals surface area contributed by atoms with Gasteiger partial charge in [0.15, 0.2) is 0 Å². The molecule has 0 bridgehead atoms. The van der Waals surface area contributed by atoms with Crippen LogP contribution in [0.3, 0.4) is 0 Å². The standard InChI is InChI=1S/C12H11BrClN3/c1-7-4-9(13)11(6-10(7)14)17-12-5-8(15)2-3-16-12/h2-6H,1H3,(H3,15,16,17). The Hall–Kier alpha value is -1.26. The third-order valence-corrected chi connectivity index (χ3v) is 3.36. The Morgan fingerprint density at radius 3 is 2.82 bits per heavy atom. The zero-order valence-electron chi connectivity index (χ0n) is 9.17. The molecule has 3 nitrogen and oxygen atoms in total. The number of hydrogen-bond donors (Lipinski definition) is 2. The van der Waals surface area contributed by atoms with Crippen molar-refractivity contribution < 1.29 is 0 Å². The van der Waals surface area contributed by atoms with Crippen LogP contribution in [0.4, 0.5) is 17.2 Å². The molecular weight excluding hydrogens is 302 g/mol. The van der Waals surface area contributed by atoms with E-state index in [9.17, 15) is 0 Å². The van der Waals surface area contributed by atoms with E-state index in [-0.39, 0.29) is 0 Å². The summed E-state index contributed by atoms with van der Waals surface area (Å²) in [7, 11) is 0. The first-order valence-electron chi connectivity index (χ1n) is 5.00. The van der Waals surface area contributed by atoms with Gasteiger partial charge in [0.05, 0.1) is 5.69 Å². The first kappa shape index (κ1) is 12.2. The molecule has 0 unspecified atom stereocenters. The number of nitrogen functional groups attached to an aromatic ring is 1. The van der Waals surface area contributed by atoms with Gasteiger partial charge in [-0.2, -0.15) is 0 Å². The summed E-state index contributed by atoms with van der Waals surface area (Å²) in [5, 5.41) is 3.87. The number of nitrogens with zero attached hydrogens (tertiary/aromatic N) is 1. The Morgan fingerprint density at radius 2 is 2.12 bits per heavy atom. The minimum Gasteiger partial charge on any atom is -0.399 e. The largest absolute Gasteiger partial charge is 0.399 e. The highest BCUT2D eigenvalue weighted by Gasteiger charge is 2.05. The molecule has 3 N–H and O–H groups in total. The van der Waals surface area contributed by atoms with Crippen LogP contribution in [0, 0.1) is 6.92 Å². The summed E-state index contributed by atoms with van der Waals surface area (Å²) in [6.07, 6.45) is 1.65. The normalized spacial score (nSPS) is 10.3. The topological polar surface area (TPSA) is 50.9 Å². The number of hydrogen-bond acceptors (Lipinski definition) is 3. The van der Waals surface area contributed by atoms with Crippen molar-refractivity contribution in [1.29, 1.82) is 0 Å². The summed E-state index contributed by atoms with van der Waals surface area (Å²) < 4.78 is 0.934. The van der Waals surface area contributed by atoms with Crippen molar-refractivity contribution in [2.75, 3.05) is 11.1 Å². The smallest absolute Gasteiger partial charge is 0.132 e. The van der Waals surface area contributed by atoms with E-state index in [0.29, 0.717) is 16.5 Å². The molecule has 1 heterocycles. The number of benzene rings is 1. The fourth-order valence-electron chi connectivity index (χ4n) is 1.40. The lowest BCUT2D eigenvalue weighted by Crippen LogP contribution is -1.96. The van der Waals surface area contributed by atoms with Crippen molar-refractivity contribution in [3.63, 3.8) is 0 Å². The Labute approximate surface area is 113 Å². The van der Waals surface area contributed by atoms with E-state index >= 15 is 0 Å². The van der Waals surface area contributed by atoms with Gasteiger partial charge in [-0.1, -0.05) is 11.6 Å². The molecule has 0 fully saturated rings. The van der Waals surface area contributed by atoms with Crippen LogP contribution in [0.5, 0.6) is 0 Å². The molecule has 0 spiro atoms. The van der Waals surface area contributed by atoms with Gasteiger partial charge in [0.1, 0.15) is 5.82 Å². The van der Waals surface area contributed by atoms with E-state index in [1.165, 1.54) is 0 Å². The molecule has 88 valence electrons. The lowest BCUT2D eigenvalue weighted by Gasteiger charge is -2.10. The second-order valence-electron chi connectivity index (χ2n) is 3.68. The van der Waals surface area contributed by atoms with Gasteiger partial charge in [0.25, 0.3) is 0 Å². The molecule has 1 aromatic carbocycles. The Kier molecular flexibility index (Phi) is 3.54. The molecule has 1 aromatic heterocycles. The maximum atomic E-state index is 6.08. The van der Waals surface area contributed by atoms with Gasteiger partial charge in [-0.3, -0.25) is 0 Å². The molecule has 2 rings (SSSR count). The minimum atomic E-state index is 0.664. The number of pyridine rings is 1. The average molecular weight is 313 g/mol. The summed E-state index contributed by atoms with van der Waals surface area (Å²) in [5.41, 5.74) is 8.23. The highest BCUT2D eigenvalue weighted by atomic mass is 79.9. The van der Waals surface area contributed by atoms with Gasteiger partial charge in [0.2, 0.25) is 0 Å². The molecule has 0 aliphatic rings. The second-order valence-corrected chi connectivity index (χ2v) is 4.94. The van der Waals surface area contributed by atoms with Crippen LogP contribution in [-0.2, 0) is 0 Å². The molecular formula is C12H11BrClN3. The second kappa shape index (κ2) is 4.94. The molecule has 0 aliphatic heterocycles. The van der Waals surface area contributed by atoms with E-state index in [4.69, 9.17) is 17.3 Å². The van der Waals surface area contributed by atoms with E-state index in [2.05, 4.69) is 26.2 Å². The van der Waals surface area contributed by atoms with Crippen molar-refractivity contribution >= 4 is 44.7 Å². The van der Waals surface area contributed by atoms with Crippen molar-refractivity contribution in [1.82, 2.24) is 4.98 Å². The highest BCUT2D eigenvalue weighted by molar-refractivity contribution is 9.10. The van der Waals surface area contributed by atoms with Crippen LogP contribution in [0.2, 0.25) is 5.02 Å². The number of rotatable bonds is 2. The maximum Gasteiger partial charge on any atom is 0.132 e. The van der Waals surface area contributed by atoms with Crippen molar-refractivity contribution in [3.8, 4) is 0 Å². The molecule has 0 saturated heterocycles. The van der Waals surface area contributed by atoms with Gasteiger partial charge in [-0.15, -0.1) is 0 Å². The molecule has 0 radical (unpaired) electrons. The molecule has 2 aromatic rings. The first-order valence-corrected chi connectivity index (χ1v) is 6.17. The number of anilines is 3. The van der Waals surface area contributed by atoms with Gasteiger partial charge >= 0.3 is 0 Å². The molecule has 0 aliphatic carbocycles. The number of halogens is 2. The van der Waals surface area contributed by atoms with E-state index in [0.717, 1.165) is 15.7 Å². The molecule has 5 heteroatoms. The number of nitrogens with one attached hydrogen (secondary N) is 1. The first-order chi connectivity index (χ1) is 8.06. The third kappa shape index (κ3) is 2.90. The van der Waals surface area contributed by atoms with Crippen LogP contribution < -0.4 is 11.1 Å². The fraction of sp³-hybridized carbons (Fsp3) is 0.0833. The van der Waals surface area contributed by atoms with Crippen molar-refractivity contribution in [2.45, 2.75) is 6.92 Å². The Morgan fingerprint density at radius 1 is 1.35 bits per heavy atom. The Bertz CT molecular complexity index is 557. The van der Waals surface area contributed by atoms with Crippen molar-refractivity contribution in [3.05, 3.63) is 45.5 Å². The number of aryl methyl sites for hydroxylation is 1. The Balaban J connectivity index is 2.33. The summed E-state index contributed by atoms with van der Waals surface area (Å²) in [4.78, 5) is 4.17. The number of aromatic nitrogens is 1. The van der Waals surface area contributed by atoms with Gasteiger partial charge < -0.3 is 11.1 Å². The van der Waals surface area contributed by atoms with Crippen LogP contribution in [0.15, 0.2) is 34.9 Å². The summed E-state index contributed by atoms with van der Waals surface area (Å²) >= 11 is 9.55. The van der Waals surface area contributed by atoms with Crippen LogP contribution in [0.25, 0.3) is 0 Å². The zero-order chi connectivity index (χ0) is 12.4. The molecule has 0 saturated carbocycles. The van der Waals surface area contributed by atoms with Crippen LogP contribution >= 0.6 is 27.5 Å². The molecule has 0 atom stereocenters. The maximum absolute atomic E-state index is 6.08. The van der Waals surface area contributed by atoms with E-state index in [1.54, 1.807) is 18.3 Å². The quantitative estimate of drug-likeness (QED) is 0.876. The summed E-state index contributed by atoms with van der Waals surface area (Å²) in [6, 6.07) is 7.31. The highest BCUT2D eigenvalue weighted by Crippen LogP contribution is 2.31. The third-order valence-electron chi connectivity index (χ3n) is 2.30. The lowest BCUT2D eigenvalue weighted by molar-refractivity contribution is 1.30.